The Balaban J connectivity index is 1.87. The molecule has 1 N–H and O–H groups in total. The maximum absolute atomic E-state index is 12.3. The monoisotopic (exact) mass is 326 g/mol. The lowest BCUT2D eigenvalue weighted by molar-refractivity contribution is -0.148. The average molecular weight is 327 g/mol. The van der Waals surface area contributed by atoms with Gasteiger partial charge in [0.25, 0.3) is 0 Å². The molecule has 0 radical (unpaired) electrons. The van der Waals surface area contributed by atoms with E-state index in [1.54, 1.807) is 30.5 Å². The molecule has 2 rings (SSSR count). The standard InChI is InChI=1S/C15H19ClN2O2S/c1-15(2)14(20)17-8-9-18(15)13(19)7-10-21-12-5-3-11(16)4-6-12/h3-6H,7-10H2,1-2H3,(H,17,20). The van der Waals surface area contributed by atoms with Crippen molar-refractivity contribution in [3.05, 3.63) is 29.3 Å². The maximum atomic E-state index is 12.3. The third kappa shape index (κ3) is 3.92. The van der Waals surface area contributed by atoms with Gasteiger partial charge in [0.2, 0.25) is 11.8 Å². The topological polar surface area (TPSA) is 49.4 Å². The molecule has 4 nitrogen and oxygen atoms in total. The van der Waals surface area contributed by atoms with E-state index in [1.807, 2.05) is 24.3 Å². The number of piperazine rings is 1. The number of amides is 2. The fraction of sp³-hybridized carbons (Fsp3) is 0.467. The fourth-order valence-corrected chi connectivity index (χ4v) is 3.22. The molecule has 2 amide bonds. The number of carbonyl (C=O) groups is 2. The molecule has 114 valence electrons. The van der Waals surface area contributed by atoms with Crippen molar-refractivity contribution >= 4 is 35.2 Å². The van der Waals surface area contributed by atoms with Crippen molar-refractivity contribution in [3.63, 3.8) is 0 Å². The average Bonchev–Trinajstić information content (AvgIpc) is 2.44. The molecular formula is C15H19ClN2O2S. The van der Waals surface area contributed by atoms with Crippen molar-refractivity contribution in [2.24, 2.45) is 0 Å². The van der Waals surface area contributed by atoms with Crippen molar-refractivity contribution in [1.82, 2.24) is 10.2 Å². The van der Waals surface area contributed by atoms with Gasteiger partial charge < -0.3 is 10.2 Å². The SMILES string of the molecule is CC1(C)C(=O)NCCN1C(=O)CCSc1ccc(Cl)cc1. The van der Waals surface area contributed by atoms with E-state index >= 15 is 0 Å². The van der Waals surface area contributed by atoms with Gasteiger partial charge in [-0.05, 0) is 38.1 Å². The van der Waals surface area contributed by atoms with Crippen LogP contribution in [-0.2, 0) is 9.59 Å². The zero-order valence-corrected chi connectivity index (χ0v) is 13.8. The number of nitrogens with zero attached hydrogens (tertiary/aromatic N) is 1. The summed E-state index contributed by atoms with van der Waals surface area (Å²) in [4.78, 5) is 26.9. The zero-order valence-electron chi connectivity index (χ0n) is 12.2. The first kappa shape index (κ1) is 16.2. The second-order valence-corrected chi connectivity index (χ2v) is 7.02. The number of rotatable bonds is 4. The van der Waals surface area contributed by atoms with Crippen LogP contribution in [0.25, 0.3) is 0 Å². The van der Waals surface area contributed by atoms with Gasteiger partial charge in [0.15, 0.2) is 0 Å². The van der Waals surface area contributed by atoms with E-state index in [2.05, 4.69) is 5.32 Å². The van der Waals surface area contributed by atoms with Crippen LogP contribution in [0.4, 0.5) is 0 Å². The Morgan fingerprint density at radius 3 is 2.71 bits per heavy atom. The molecular weight excluding hydrogens is 308 g/mol. The van der Waals surface area contributed by atoms with Gasteiger partial charge >= 0.3 is 0 Å². The van der Waals surface area contributed by atoms with Gasteiger partial charge in [-0.2, -0.15) is 0 Å². The first-order chi connectivity index (χ1) is 9.91. The highest BCUT2D eigenvalue weighted by Crippen LogP contribution is 2.23. The summed E-state index contributed by atoms with van der Waals surface area (Å²) in [6.07, 6.45) is 0.421. The number of benzene rings is 1. The van der Waals surface area contributed by atoms with E-state index in [1.165, 1.54) is 0 Å². The Labute approximate surface area is 134 Å². The Hall–Kier alpha value is -1.20. The van der Waals surface area contributed by atoms with Crippen molar-refractivity contribution < 1.29 is 9.59 Å². The minimum Gasteiger partial charge on any atom is -0.352 e. The largest absolute Gasteiger partial charge is 0.352 e. The normalized spacial score (nSPS) is 17.5. The first-order valence-corrected chi connectivity index (χ1v) is 8.25. The van der Waals surface area contributed by atoms with Gasteiger partial charge in [-0.3, -0.25) is 9.59 Å². The summed E-state index contributed by atoms with van der Waals surface area (Å²) >= 11 is 7.45. The highest BCUT2D eigenvalue weighted by atomic mass is 35.5. The molecule has 1 aliphatic heterocycles. The van der Waals surface area contributed by atoms with Crippen LogP contribution < -0.4 is 5.32 Å². The van der Waals surface area contributed by atoms with Crippen molar-refractivity contribution in [1.29, 1.82) is 0 Å². The van der Waals surface area contributed by atoms with Crippen LogP contribution in [0.3, 0.4) is 0 Å². The molecule has 0 unspecified atom stereocenters. The first-order valence-electron chi connectivity index (χ1n) is 6.88. The third-order valence-corrected chi connectivity index (χ3v) is 4.82. The molecule has 1 fully saturated rings. The molecule has 0 aromatic heterocycles. The highest BCUT2D eigenvalue weighted by Gasteiger charge is 2.39. The van der Waals surface area contributed by atoms with Crippen LogP contribution in [0.15, 0.2) is 29.2 Å². The summed E-state index contributed by atoms with van der Waals surface area (Å²) in [6.45, 7) is 4.67. The predicted molar refractivity (Wildman–Crippen MR) is 85.6 cm³/mol. The van der Waals surface area contributed by atoms with E-state index in [-0.39, 0.29) is 11.8 Å². The molecule has 0 bridgehead atoms. The minimum absolute atomic E-state index is 0.0244. The van der Waals surface area contributed by atoms with E-state index < -0.39 is 5.54 Å². The van der Waals surface area contributed by atoms with Crippen LogP contribution in [0, 0.1) is 0 Å². The third-order valence-electron chi connectivity index (χ3n) is 3.55. The van der Waals surface area contributed by atoms with Crippen molar-refractivity contribution in [2.45, 2.75) is 30.7 Å². The summed E-state index contributed by atoms with van der Waals surface area (Å²) in [6, 6.07) is 7.55. The minimum atomic E-state index is -0.764. The van der Waals surface area contributed by atoms with Gasteiger partial charge in [-0.15, -0.1) is 11.8 Å². The molecule has 21 heavy (non-hydrogen) atoms. The van der Waals surface area contributed by atoms with E-state index in [0.29, 0.717) is 30.3 Å². The summed E-state index contributed by atoms with van der Waals surface area (Å²) in [5.74, 6) is 0.623. The Bertz CT molecular complexity index is 531. The smallest absolute Gasteiger partial charge is 0.245 e. The molecule has 1 aliphatic rings. The van der Waals surface area contributed by atoms with Gasteiger partial charge in [0.05, 0.1) is 0 Å². The Morgan fingerprint density at radius 1 is 1.38 bits per heavy atom. The lowest BCUT2D eigenvalue weighted by atomic mass is 9.98. The van der Waals surface area contributed by atoms with Crippen LogP contribution in [-0.4, -0.2) is 41.1 Å². The van der Waals surface area contributed by atoms with Crippen molar-refractivity contribution in [3.8, 4) is 0 Å². The summed E-state index contributed by atoms with van der Waals surface area (Å²) in [7, 11) is 0. The van der Waals surface area contributed by atoms with Gasteiger partial charge in [-0.25, -0.2) is 0 Å². The van der Waals surface area contributed by atoms with Gasteiger partial charge in [0, 0.05) is 35.2 Å². The summed E-state index contributed by atoms with van der Waals surface area (Å²) < 4.78 is 0. The Morgan fingerprint density at radius 2 is 2.05 bits per heavy atom. The lowest BCUT2D eigenvalue weighted by Gasteiger charge is -2.41. The molecule has 0 spiro atoms. The number of carbonyl (C=O) groups excluding carboxylic acids is 2. The molecule has 1 aromatic rings. The quantitative estimate of drug-likeness (QED) is 0.865. The summed E-state index contributed by atoms with van der Waals surface area (Å²) in [5, 5.41) is 3.50. The molecule has 0 atom stereocenters. The molecule has 0 saturated carbocycles. The molecule has 0 aliphatic carbocycles. The Kier molecular flexibility index (Phi) is 5.17. The van der Waals surface area contributed by atoms with Crippen LogP contribution >= 0.6 is 23.4 Å². The molecule has 1 aromatic carbocycles. The number of hydrogen-bond acceptors (Lipinski definition) is 3. The van der Waals surface area contributed by atoms with Crippen molar-refractivity contribution in [2.75, 3.05) is 18.8 Å². The number of thioether (sulfide) groups is 1. The van der Waals surface area contributed by atoms with E-state index in [0.717, 1.165) is 4.90 Å². The number of nitrogens with one attached hydrogen (secondary N) is 1. The van der Waals surface area contributed by atoms with E-state index in [4.69, 9.17) is 11.6 Å². The zero-order chi connectivity index (χ0) is 15.5. The molecule has 1 saturated heterocycles. The molecule has 6 heteroatoms. The highest BCUT2D eigenvalue weighted by molar-refractivity contribution is 7.99. The predicted octanol–water partition coefficient (Wildman–Crippen LogP) is 2.56. The number of halogens is 1. The van der Waals surface area contributed by atoms with E-state index in [9.17, 15) is 9.59 Å². The van der Waals surface area contributed by atoms with Crippen LogP contribution in [0.5, 0.6) is 0 Å². The number of hydrogen-bond donors (Lipinski definition) is 1. The van der Waals surface area contributed by atoms with Crippen LogP contribution in [0.2, 0.25) is 5.02 Å². The van der Waals surface area contributed by atoms with Crippen LogP contribution in [0.1, 0.15) is 20.3 Å². The molecule has 1 heterocycles. The van der Waals surface area contributed by atoms with Gasteiger partial charge in [0.1, 0.15) is 5.54 Å². The van der Waals surface area contributed by atoms with Gasteiger partial charge in [-0.1, -0.05) is 11.6 Å². The summed E-state index contributed by atoms with van der Waals surface area (Å²) in [5.41, 5.74) is -0.764. The second-order valence-electron chi connectivity index (χ2n) is 5.41. The lowest BCUT2D eigenvalue weighted by Crippen LogP contribution is -2.63. The maximum Gasteiger partial charge on any atom is 0.245 e. The fourth-order valence-electron chi connectivity index (χ4n) is 2.26. The second kappa shape index (κ2) is 6.71.